The van der Waals surface area contributed by atoms with Crippen LogP contribution in [0.2, 0.25) is 0 Å². The van der Waals surface area contributed by atoms with Crippen molar-refractivity contribution >= 4 is 11.9 Å². The van der Waals surface area contributed by atoms with E-state index >= 15 is 0 Å². The summed E-state index contributed by atoms with van der Waals surface area (Å²) in [6.07, 6.45) is 0. The Balaban J connectivity index is 2.25. The minimum absolute atomic E-state index is 0.228. The lowest BCUT2D eigenvalue weighted by atomic mass is 10.0. The molecule has 5 heteroatoms. The molecule has 0 unspecified atom stereocenters. The van der Waals surface area contributed by atoms with Crippen LogP contribution >= 0.6 is 0 Å². The van der Waals surface area contributed by atoms with E-state index in [9.17, 15) is 9.59 Å². The van der Waals surface area contributed by atoms with Gasteiger partial charge in [0.05, 0.1) is 18.2 Å². The lowest BCUT2D eigenvalue weighted by Gasteiger charge is -2.17. The summed E-state index contributed by atoms with van der Waals surface area (Å²) in [4.78, 5) is 25.0. The maximum absolute atomic E-state index is 12.1. The molecule has 0 radical (unpaired) electrons. The molecule has 5 nitrogen and oxygen atoms in total. The van der Waals surface area contributed by atoms with Crippen LogP contribution < -0.4 is 5.32 Å². The molecule has 0 aromatic heterocycles. The molecule has 0 bridgehead atoms. The van der Waals surface area contributed by atoms with Crippen LogP contribution in [0.1, 0.15) is 30.5 Å². The standard InChI is InChI=1S/C14H15N3O2/c1-9-6-10(7-15)4-5-11(9)8-17-12(18)14(2,3)16-13(17)19/h4-6H,8H2,1-3H3,(H,16,19). The fourth-order valence-electron chi connectivity index (χ4n) is 2.07. The summed E-state index contributed by atoms with van der Waals surface area (Å²) in [6.45, 7) is 5.45. The van der Waals surface area contributed by atoms with Crippen LogP contribution in [-0.2, 0) is 11.3 Å². The molecular formula is C14H15N3O2. The maximum atomic E-state index is 12.1. The van der Waals surface area contributed by atoms with Gasteiger partial charge in [-0.05, 0) is 44.0 Å². The number of urea groups is 1. The summed E-state index contributed by atoms with van der Waals surface area (Å²) in [5, 5.41) is 11.5. The Hall–Kier alpha value is -2.35. The zero-order chi connectivity index (χ0) is 14.2. The number of hydrogen-bond donors (Lipinski definition) is 1. The normalized spacial score (nSPS) is 17.3. The van der Waals surface area contributed by atoms with Crippen molar-refractivity contribution in [1.29, 1.82) is 5.26 Å². The van der Waals surface area contributed by atoms with Crippen LogP contribution in [-0.4, -0.2) is 22.4 Å². The molecule has 3 amide bonds. The highest BCUT2D eigenvalue weighted by Gasteiger charge is 2.44. The van der Waals surface area contributed by atoms with Crippen LogP contribution in [0.15, 0.2) is 18.2 Å². The number of rotatable bonds is 2. The number of amides is 3. The first-order valence-electron chi connectivity index (χ1n) is 5.99. The number of nitrogens with one attached hydrogen (secondary N) is 1. The van der Waals surface area contributed by atoms with E-state index in [1.54, 1.807) is 32.0 Å². The molecule has 1 aromatic rings. The van der Waals surface area contributed by atoms with Gasteiger partial charge in [-0.15, -0.1) is 0 Å². The second-order valence-corrected chi connectivity index (χ2v) is 5.20. The van der Waals surface area contributed by atoms with Crippen molar-refractivity contribution in [1.82, 2.24) is 10.2 Å². The predicted octanol–water partition coefficient (Wildman–Crippen LogP) is 1.70. The molecule has 1 aromatic carbocycles. The molecule has 19 heavy (non-hydrogen) atoms. The fraction of sp³-hybridized carbons (Fsp3) is 0.357. The van der Waals surface area contributed by atoms with Crippen molar-refractivity contribution in [2.75, 3.05) is 0 Å². The summed E-state index contributed by atoms with van der Waals surface area (Å²) in [5.41, 5.74) is 1.47. The van der Waals surface area contributed by atoms with Gasteiger partial charge >= 0.3 is 6.03 Å². The quantitative estimate of drug-likeness (QED) is 0.819. The van der Waals surface area contributed by atoms with Gasteiger partial charge in [0.1, 0.15) is 5.54 Å². The van der Waals surface area contributed by atoms with Crippen molar-refractivity contribution in [3.8, 4) is 6.07 Å². The lowest BCUT2D eigenvalue weighted by Crippen LogP contribution is -2.40. The Morgan fingerprint density at radius 3 is 2.53 bits per heavy atom. The van der Waals surface area contributed by atoms with Gasteiger partial charge in [-0.25, -0.2) is 4.79 Å². The zero-order valence-electron chi connectivity index (χ0n) is 11.2. The maximum Gasteiger partial charge on any atom is 0.325 e. The molecule has 0 spiro atoms. The van der Waals surface area contributed by atoms with E-state index in [-0.39, 0.29) is 18.5 Å². The molecule has 1 aliphatic heterocycles. The molecule has 98 valence electrons. The van der Waals surface area contributed by atoms with Crippen molar-refractivity contribution in [3.05, 3.63) is 34.9 Å². The number of benzene rings is 1. The summed E-state index contributed by atoms with van der Waals surface area (Å²) in [7, 11) is 0. The van der Waals surface area contributed by atoms with Gasteiger partial charge < -0.3 is 5.32 Å². The van der Waals surface area contributed by atoms with Gasteiger partial charge in [0.2, 0.25) is 0 Å². The molecule has 1 N–H and O–H groups in total. The smallest absolute Gasteiger partial charge is 0.324 e. The Kier molecular flexibility index (Phi) is 3.03. The second-order valence-electron chi connectivity index (χ2n) is 5.20. The third kappa shape index (κ3) is 2.29. The Morgan fingerprint density at radius 1 is 1.37 bits per heavy atom. The van der Waals surface area contributed by atoms with Crippen molar-refractivity contribution in [2.24, 2.45) is 0 Å². The van der Waals surface area contributed by atoms with Crippen LogP contribution in [0.5, 0.6) is 0 Å². The first kappa shape index (κ1) is 13.1. The molecule has 1 fully saturated rings. The topological polar surface area (TPSA) is 73.2 Å². The van der Waals surface area contributed by atoms with E-state index in [2.05, 4.69) is 11.4 Å². The van der Waals surface area contributed by atoms with Gasteiger partial charge in [0.15, 0.2) is 0 Å². The van der Waals surface area contributed by atoms with Gasteiger partial charge in [0, 0.05) is 0 Å². The molecule has 1 saturated heterocycles. The summed E-state index contributed by atoms with van der Waals surface area (Å²) in [6, 6.07) is 6.90. The SMILES string of the molecule is Cc1cc(C#N)ccc1CN1C(=O)NC(C)(C)C1=O. The minimum Gasteiger partial charge on any atom is -0.324 e. The molecule has 0 atom stereocenters. The van der Waals surface area contributed by atoms with E-state index < -0.39 is 5.54 Å². The monoisotopic (exact) mass is 257 g/mol. The Bertz CT molecular complexity index is 599. The summed E-state index contributed by atoms with van der Waals surface area (Å²) in [5.74, 6) is -0.235. The Labute approximate surface area is 111 Å². The number of aryl methyl sites for hydroxylation is 1. The lowest BCUT2D eigenvalue weighted by molar-refractivity contribution is -0.130. The summed E-state index contributed by atoms with van der Waals surface area (Å²) >= 11 is 0. The van der Waals surface area contributed by atoms with E-state index in [4.69, 9.17) is 5.26 Å². The van der Waals surface area contributed by atoms with Crippen LogP contribution in [0.3, 0.4) is 0 Å². The van der Waals surface area contributed by atoms with Crippen molar-refractivity contribution < 1.29 is 9.59 Å². The van der Waals surface area contributed by atoms with E-state index in [0.29, 0.717) is 5.56 Å². The highest BCUT2D eigenvalue weighted by Crippen LogP contribution is 2.21. The number of nitriles is 1. The van der Waals surface area contributed by atoms with Gasteiger partial charge in [-0.2, -0.15) is 5.26 Å². The van der Waals surface area contributed by atoms with Crippen molar-refractivity contribution in [2.45, 2.75) is 32.9 Å². The average Bonchev–Trinajstić information content (AvgIpc) is 2.53. The third-order valence-electron chi connectivity index (χ3n) is 3.24. The number of carbonyl (C=O) groups excluding carboxylic acids is 2. The third-order valence-corrected chi connectivity index (χ3v) is 3.24. The Morgan fingerprint density at radius 2 is 2.05 bits per heavy atom. The first-order valence-corrected chi connectivity index (χ1v) is 5.99. The summed E-state index contributed by atoms with van der Waals surface area (Å²) < 4.78 is 0. The van der Waals surface area contributed by atoms with Gasteiger partial charge in [0.25, 0.3) is 5.91 Å². The first-order chi connectivity index (χ1) is 8.85. The minimum atomic E-state index is -0.850. The van der Waals surface area contributed by atoms with E-state index in [0.717, 1.165) is 11.1 Å². The average molecular weight is 257 g/mol. The van der Waals surface area contributed by atoms with E-state index in [1.807, 2.05) is 6.92 Å². The highest BCUT2D eigenvalue weighted by molar-refractivity contribution is 6.06. The molecular weight excluding hydrogens is 242 g/mol. The highest BCUT2D eigenvalue weighted by atomic mass is 16.2. The predicted molar refractivity (Wildman–Crippen MR) is 69.1 cm³/mol. The zero-order valence-corrected chi connectivity index (χ0v) is 11.2. The number of nitrogens with zero attached hydrogens (tertiary/aromatic N) is 2. The van der Waals surface area contributed by atoms with E-state index in [1.165, 1.54) is 4.90 Å². The van der Waals surface area contributed by atoms with Crippen LogP contribution in [0.25, 0.3) is 0 Å². The van der Waals surface area contributed by atoms with Crippen LogP contribution in [0, 0.1) is 18.3 Å². The molecule has 2 rings (SSSR count). The molecule has 1 aliphatic rings. The largest absolute Gasteiger partial charge is 0.325 e. The second kappa shape index (κ2) is 4.39. The van der Waals surface area contributed by atoms with Crippen LogP contribution in [0.4, 0.5) is 4.79 Å². The van der Waals surface area contributed by atoms with Gasteiger partial charge in [-0.1, -0.05) is 6.07 Å². The number of carbonyl (C=O) groups is 2. The van der Waals surface area contributed by atoms with Crippen molar-refractivity contribution in [3.63, 3.8) is 0 Å². The molecule has 1 heterocycles. The van der Waals surface area contributed by atoms with Gasteiger partial charge in [-0.3, -0.25) is 9.69 Å². The molecule has 0 aliphatic carbocycles. The fourth-order valence-corrected chi connectivity index (χ4v) is 2.07. The molecule has 0 saturated carbocycles. The number of hydrogen-bond acceptors (Lipinski definition) is 3. The number of imide groups is 1.